The SMILES string of the molecule is CN(C)c1ccc(N2C(C)(C)c3ccccc3C2(C)C)cc1. The van der Waals surface area contributed by atoms with Crippen molar-refractivity contribution in [1.29, 1.82) is 0 Å². The average Bonchev–Trinajstić information content (AvgIpc) is 2.63. The van der Waals surface area contributed by atoms with Gasteiger partial charge in [-0.3, -0.25) is 0 Å². The van der Waals surface area contributed by atoms with Gasteiger partial charge in [-0.25, -0.2) is 0 Å². The lowest BCUT2D eigenvalue weighted by atomic mass is 9.91. The van der Waals surface area contributed by atoms with Crippen LogP contribution in [-0.4, -0.2) is 14.1 Å². The fourth-order valence-electron chi connectivity index (χ4n) is 4.04. The van der Waals surface area contributed by atoms with E-state index in [-0.39, 0.29) is 11.1 Å². The Hall–Kier alpha value is -1.96. The fraction of sp³-hybridized carbons (Fsp3) is 0.400. The van der Waals surface area contributed by atoms with Crippen molar-refractivity contribution in [3.05, 3.63) is 59.7 Å². The molecule has 2 heteroatoms. The van der Waals surface area contributed by atoms with Gasteiger partial charge in [0.05, 0.1) is 11.1 Å². The van der Waals surface area contributed by atoms with Crippen LogP contribution in [0.4, 0.5) is 11.4 Å². The van der Waals surface area contributed by atoms with Crippen molar-refractivity contribution in [3.8, 4) is 0 Å². The van der Waals surface area contributed by atoms with Crippen LogP contribution in [0.2, 0.25) is 0 Å². The summed E-state index contributed by atoms with van der Waals surface area (Å²) >= 11 is 0. The zero-order valence-corrected chi connectivity index (χ0v) is 14.5. The Kier molecular flexibility index (Phi) is 3.24. The van der Waals surface area contributed by atoms with Crippen LogP contribution in [0.5, 0.6) is 0 Å². The minimum absolute atomic E-state index is 0.0142. The van der Waals surface area contributed by atoms with Crippen molar-refractivity contribution < 1.29 is 0 Å². The molecular weight excluding hydrogens is 268 g/mol. The molecule has 0 saturated carbocycles. The van der Waals surface area contributed by atoms with Crippen molar-refractivity contribution in [3.63, 3.8) is 0 Å². The average molecular weight is 294 g/mol. The predicted octanol–water partition coefficient (Wildman–Crippen LogP) is 4.74. The molecule has 3 rings (SSSR count). The number of anilines is 2. The van der Waals surface area contributed by atoms with Crippen LogP contribution in [0.1, 0.15) is 38.8 Å². The Morgan fingerprint density at radius 3 is 1.59 bits per heavy atom. The molecular formula is C20H26N2. The summed E-state index contributed by atoms with van der Waals surface area (Å²) in [6.07, 6.45) is 0. The van der Waals surface area contributed by atoms with Gasteiger partial charge in [-0.2, -0.15) is 0 Å². The van der Waals surface area contributed by atoms with Crippen LogP contribution >= 0.6 is 0 Å². The molecule has 116 valence electrons. The number of rotatable bonds is 2. The largest absolute Gasteiger partial charge is 0.378 e. The highest BCUT2D eigenvalue weighted by Crippen LogP contribution is 2.51. The number of fused-ring (bicyclic) bond motifs is 1. The third kappa shape index (κ3) is 2.01. The Balaban J connectivity index is 2.11. The van der Waals surface area contributed by atoms with Crippen LogP contribution in [-0.2, 0) is 11.1 Å². The minimum Gasteiger partial charge on any atom is -0.378 e. The molecule has 1 aliphatic heterocycles. The van der Waals surface area contributed by atoms with Crippen LogP contribution in [0.25, 0.3) is 0 Å². The van der Waals surface area contributed by atoms with Gasteiger partial charge in [0.15, 0.2) is 0 Å². The Bertz CT molecular complexity index is 646. The van der Waals surface area contributed by atoms with Gasteiger partial charge in [0.2, 0.25) is 0 Å². The highest BCUT2D eigenvalue weighted by Gasteiger charge is 2.48. The van der Waals surface area contributed by atoms with Gasteiger partial charge < -0.3 is 9.80 Å². The van der Waals surface area contributed by atoms with Gasteiger partial charge in [0.25, 0.3) is 0 Å². The van der Waals surface area contributed by atoms with Gasteiger partial charge >= 0.3 is 0 Å². The summed E-state index contributed by atoms with van der Waals surface area (Å²) in [5.74, 6) is 0. The molecule has 0 bridgehead atoms. The molecule has 22 heavy (non-hydrogen) atoms. The summed E-state index contributed by atoms with van der Waals surface area (Å²) in [5.41, 5.74) is 5.33. The van der Waals surface area contributed by atoms with Crippen LogP contribution in [0, 0.1) is 0 Å². The van der Waals surface area contributed by atoms with Crippen LogP contribution < -0.4 is 9.80 Å². The molecule has 2 nitrogen and oxygen atoms in total. The van der Waals surface area contributed by atoms with Crippen molar-refractivity contribution in [1.82, 2.24) is 0 Å². The zero-order chi connectivity index (χ0) is 16.1. The third-order valence-corrected chi connectivity index (χ3v) is 4.99. The molecule has 0 fully saturated rings. The molecule has 1 heterocycles. The maximum atomic E-state index is 2.55. The molecule has 0 spiro atoms. The second kappa shape index (κ2) is 4.77. The Labute approximate surface area is 134 Å². The van der Waals surface area contributed by atoms with E-state index < -0.39 is 0 Å². The quantitative estimate of drug-likeness (QED) is 0.789. The molecule has 0 aromatic heterocycles. The zero-order valence-electron chi connectivity index (χ0n) is 14.5. The highest BCUT2D eigenvalue weighted by molar-refractivity contribution is 5.64. The highest BCUT2D eigenvalue weighted by atomic mass is 15.3. The second-order valence-electron chi connectivity index (χ2n) is 7.41. The molecule has 0 amide bonds. The maximum Gasteiger partial charge on any atom is 0.0610 e. The lowest BCUT2D eigenvalue weighted by Crippen LogP contribution is -2.45. The maximum absolute atomic E-state index is 2.55. The smallest absolute Gasteiger partial charge is 0.0610 e. The van der Waals surface area contributed by atoms with E-state index in [1.165, 1.54) is 22.5 Å². The predicted molar refractivity (Wildman–Crippen MR) is 95.7 cm³/mol. The molecule has 0 atom stereocenters. The first kappa shape index (κ1) is 15.0. The van der Waals surface area contributed by atoms with E-state index in [1.807, 2.05) is 0 Å². The van der Waals surface area contributed by atoms with Crippen LogP contribution in [0.15, 0.2) is 48.5 Å². The van der Waals surface area contributed by atoms with E-state index in [9.17, 15) is 0 Å². The molecule has 2 aromatic carbocycles. The monoisotopic (exact) mass is 294 g/mol. The molecule has 0 N–H and O–H groups in total. The van der Waals surface area contributed by atoms with Crippen molar-refractivity contribution in [2.24, 2.45) is 0 Å². The second-order valence-corrected chi connectivity index (χ2v) is 7.41. The van der Waals surface area contributed by atoms with E-state index in [4.69, 9.17) is 0 Å². The first-order chi connectivity index (χ1) is 10.3. The van der Waals surface area contributed by atoms with Gasteiger partial charge in [0, 0.05) is 25.5 Å². The normalized spacial score (nSPS) is 18.2. The van der Waals surface area contributed by atoms with Gasteiger partial charge in [-0.1, -0.05) is 24.3 Å². The van der Waals surface area contributed by atoms with Gasteiger partial charge in [-0.15, -0.1) is 0 Å². The minimum atomic E-state index is -0.0142. The molecule has 0 unspecified atom stereocenters. The van der Waals surface area contributed by atoms with E-state index in [0.717, 1.165) is 0 Å². The Morgan fingerprint density at radius 2 is 1.18 bits per heavy atom. The molecule has 0 saturated heterocycles. The summed E-state index contributed by atoms with van der Waals surface area (Å²) in [4.78, 5) is 4.68. The summed E-state index contributed by atoms with van der Waals surface area (Å²) < 4.78 is 0. The molecule has 1 aliphatic rings. The number of nitrogens with zero attached hydrogens (tertiary/aromatic N) is 2. The van der Waals surface area contributed by atoms with E-state index in [0.29, 0.717) is 0 Å². The standard InChI is InChI=1S/C20H26N2/c1-19(2)17-9-7-8-10-18(17)20(3,4)22(19)16-13-11-15(12-14-16)21(5)6/h7-14H,1-6H3. The van der Waals surface area contributed by atoms with E-state index in [1.54, 1.807) is 0 Å². The lowest BCUT2D eigenvalue weighted by molar-refractivity contribution is 0.403. The molecule has 0 radical (unpaired) electrons. The van der Waals surface area contributed by atoms with Gasteiger partial charge in [0.1, 0.15) is 0 Å². The summed E-state index contributed by atoms with van der Waals surface area (Å²) in [7, 11) is 4.16. The summed E-state index contributed by atoms with van der Waals surface area (Å²) in [6.45, 7) is 9.28. The van der Waals surface area contributed by atoms with Gasteiger partial charge in [-0.05, 0) is 63.1 Å². The first-order valence-electron chi connectivity index (χ1n) is 7.94. The summed E-state index contributed by atoms with van der Waals surface area (Å²) in [6, 6.07) is 17.7. The Morgan fingerprint density at radius 1 is 0.727 bits per heavy atom. The van der Waals surface area contributed by atoms with Crippen molar-refractivity contribution >= 4 is 11.4 Å². The van der Waals surface area contributed by atoms with Crippen molar-refractivity contribution in [2.75, 3.05) is 23.9 Å². The van der Waals surface area contributed by atoms with Crippen molar-refractivity contribution in [2.45, 2.75) is 38.8 Å². The number of hydrogen-bond acceptors (Lipinski definition) is 2. The third-order valence-electron chi connectivity index (χ3n) is 4.99. The van der Waals surface area contributed by atoms with Crippen LogP contribution in [0.3, 0.4) is 0 Å². The topological polar surface area (TPSA) is 6.48 Å². The molecule has 2 aromatic rings. The van der Waals surface area contributed by atoms with E-state index >= 15 is 0 Å². The number of benzene rings is 2. The van der Waals surface area contributed by atoms with E-state index in [2.05, 4.69) is 100 Å². The number of hydrogen-bond donors (Lipinski definition) is 0. The fourth-order valence-corrected chi connectivity index (χ4v) is 4.04. The first-order valence-corrected chi connectivity index (χ1v) is 7.94. The molecule has 0 aliphatic carbocycles. The summed E-state index contributed by atoms with van der Waals surface area (Å²) in [5, 5.41) is 0. The lowest BCUT2D eigenvalue weighted by Gasteiger charge is -2.43.